The molecule has 0 aliphatic carbocycles. The third kappa shape index (κ3) is 5.15. The summed E-state index contributed by atoms with van der Waals surface area (Å²) in [6.45, 7) is 2.74. The van der Waals surface area contributed by atoms with Crippen molar-refractivity contribution < 1.29 is 19.0 Å². The maximum absolute atomic E-state index is 13.5. The number of nitrogens with zero attached hydrogens (tertiary/aromatic N) is 1. The van der Waals surface area contributed by atoms with E-state index in [-0.39, 0.29) is 5.91 Å². The fraction of sp³-hybridized carbons (Fsp3) is 0.185. The fourth-order valence-electron chi connectivity index (χ4n) is 3.58. The Morgan fingerprint density at radius 3 is 2.41 bits per heavy atom. The van der Waals surface area contributed by atoms with Crippen LogP contribution in [0.15, 0.2) is 71.2 Å². The Hall–Kier alpha value is -3.58. The molecule has 0 spiro atoms. The molecule has 1 N–H and O–H groups in total. The zero-order valence-electron chi connectivity index (χ0n) is 19.2. The molecule has 6 nitrogen and oxygen atoms in total. The number of methoxy groups -OCH3 is 2. The van der Waals surface area contributed by atoms with Crippen molar-refractivity contribution in [2.75, 3.05) is 26.1 Å². The quantitative estimate of drug-likeness (QED) is 0.279. The molecule has 0 radical (unpaired) electrons. The van der Waals surface area contributed by atoms with Crippen LogP contribution >= 0.6 is 15.9 Å². The summed E-state index contributed by atoms with van der Waals surface area (Å²) in [5.41, 5.74) is 3.32. The van der Waals surface area contributed by atoms with Crippen LogP contribution in [-0.2, 0) is 0 Å². The van der Waals surface area contributed by atoms with Crippen LogP contribution in [0.1, 0.15) is 23.7 Å². The molecule has 3 aromatic carbocycles. The number of halogens is 1. The lowest BCUT2D eigenvalue weighted by Crippen LogP contribution is -2.14. The monoisotopic (exact) mass is 520 g/mol. The van der Waals surface area contributed by atoms with E-state index >= 15 is 0 Å². The van der Waals surface area contributed by atoms with Crippen molar-refractivity contribution in [2.45, 2.75) is 13.3 Å². The van der Waals surface area contributed by atoms with Crippen molar-refractivity contribution in [3.8, 4) is 28.5 Å². The van der Waals surface area contributed by atoms with E-state index in [9.17, 15) is 4.79 Å². The van der Waals surface area contributed by atoms with Gasteiger partial charge in [0.15, 0.2) is 0 Å². The zero-order valence-corrected chi connectivity index (χ0v) is 20.8. The second-order valence-corrected chi connectivity index (χ2v) is 8.53. The molecule has 0 saturated carbocycles. The first-order chi connectivity index (χ1) is 16.5. The van der Waals surface area contributed by atoms with Crippen molar-refractivity contribution in [1.29, 1.82) is 0 Å². The van der Waals surface area contributed by atoms with Crippen LogP contribution in [0.2, 0.25) is 0 Å². The first-order valence-electron chi connectivity index (χ1n) is 10.9. The third-order valence-electron chi connectivity index (χ3n) is 5.29. The molecule has 7 heteroatoms. The second kappa shape index (κ2) is 10.6. The number of fused-ring (bicyclic) bond motifs is 1. The topological polar surface area (TPSA) is 69.7 Å². The van der Waals surface area contributed by atoms with Crippen LogP contribution in [0.3, 0.4) is 0 Å². The van der Waals surface area contributed by atoms with Gasteiger partial charge in [0, 0.05) is 21.5 Å². The minimum absolute atomic E-state index is 0.277. The average molecular weight is 521 g/mol. The summed E-state index contributed by atoms with van der Waals surface area (Å²) >= 11 is 3.51. The summed E-state index contributed by atoms with van der Waals surface area (Å²) in [4.78, 5) is 18.3. The van der Waals surface area contributed by atoms with Gasteiger partial charge in [-0.1, -0.05) is 22.9 Å². The van der Waals surface area contributed by atoms with E-state index in [4.69, 9.17) is 19.2 Å². The highest BCUT2D eigenvalue weighted by Crippen LogP contribution is 2.32. The van der Waals surface area contributed by atoms with Crippen LogP contribution in [0, 0.1) is 0 Å². The molecule has 0 aliphatic rings. The summed E-state index contributed by atoms with van der Waals surface area (Å²) < 4.78 is 17.3. The third-order valence-corrected chi connectivity index (χ3v) is 5.79. The van der Waals surface area contributed by atoms with Crippen molar-refractivity contribution in [2.24, 2.45) is 0 Å². The van der Waals surface area contributed by atoms with Crippen molar-refractivity contribution in [3.05, 3.63) is 76.8 Å². The Balaban J connectivity index is 1.75. The average Bonchev–Trinajstić information content (AvgIpc) is 2.87. The summed E-state index contributed by atoms with van der Waals surface area (Å²) in [6, 6.07) is 20.5. The number of rotatable bonds is 8. The predicted octanol–water partition coefficient (Wildman–Crippen LogP) is 6.72. The molecule has 0 fully saturated rings. The van der Waals surface area contributed by atoms with Crippen molar-refractivity contribution in [3.63, 3.8) is 0 Å². The number of amides is 1. The lowest BCUT2D eigenvalue weighted by molar-refractivity contribution is 0.102. The minimum Gasteiger partial charge on any atom is -0.497 e. The number of hydrogen-bond donors (Lipinski definition) is 1. The van der Waals surface area contributed by atoms with Gasteiger partial charge in [0.25, 0.3) is 5.91 Å². The van der Waals surface area contributed by atoms with E-state index in [2.05, 4.69) is 28.2 Å². The van der Waals surface area contributed by atoms with E-state index in [1.807, 2.05) is 42.5 Å². The SMILES string of the molecule is CCCOc1ccc(-c2cc(C(=O)Nc3cc(OC)ccc3OC)c3cc(Br)ccc3n2)cc1. The molecular weight excluding hydrogens is 496 g/mol. The highest BCUT2D eigenvalue weighted by molar-refractivity contribution is 9.10. The molecule has 1 amide bonds. The number of aromatic nitrogens is 1. The molecule has 0 bridgehead atoms. The first kappa shape index (κ1) is 23.6. The predicted molar refractivity (Wildman–Crippen MR) is 138 cm³/mol. The lowest BCUT2D eigenvalue weighted by atomic mass is 10.0. The normalized spacial score (nSPS) is 10.7. The maximum atomic E-state index is 13.5. The Bertz CT molecular complexity index is 1320. The van der Waals surface area contributed by atoms with Gasteiger partial charge in [-0.25, -0.2) is 4.98 Å². The lowest BCUT2D eigenvalue weighted by Gasteiger charge is -2.14. The van der Waals surface area contributed by atoms with E-state index < -0.39 is 0 Å². The number of ether oxygens (including phenoxy) is 3. The smallest absolute Gasteiger partial charge is 0.256 e. The number of carbonyl (C=O) groups excluding carboxylic acids is 1. The van der Waals surface area contributed by atoms with Gasteiger partial charge in [-0.3, -0.25) is 4.79 Å². The first-order valence-corrected chi connectivity index (χ1v) is 11.7. The Morgan fingerprint density at radius 1 is 0.941 bits per heavy atom. The Kier molecular flexibility index (Phi) is 7.33. The van der Waals surface area contributed by atoms with Crippen LogP contribution in [0.4, 0.5) is 5.69 Å². The highest BCUT2D eigenvalue weighted by Gasteiger charge is 2.17. The molecule has 0 aliphatic heterocycles. The standard InChI is InChI=1S/C27H25BrN2O4/c1-4-13-34-19-8-5-17(6-9-19)24-16-22(21-14-18(28)7-11-23(21)29-24)27(31)30-25-15-20(32-2)10-12-26(25)33-3/h5-12,14-16H,4,13H2,1-3H3,(H,30,31). The largest absolute Gasteiger partial charge is 0.497 e. The summed E-state index contributed by atoms with van der Waals surface area (Å²) in [6.07, 6.45) is 0.945. The molecule has 174 valence electrons. The molecule has 0 unspecified atom stereocenters. The van der Waals surface area contributed by atoms with Crippen LogP contribution in [0.25, 0.3) is 22.2 Å². The molecule has 4 aromatic rings. The fourth-order valence-corrected chi connectivity index (χ4v) is 3.94. The minimum atomic E-state index is -0.277. The molecule has 0 saturated heterocycles. The van der Waals surface area contributed by atoms with E-state index in [1.165, 1.54) is 0 Å². The van der Waals surface area contributed by atoms with Gasteiger partial charge in [-0.05, 0) is 67.1 Å². The highest BCUT2D eigenvalue weighted by atomic mass is 79.9. The van der Waals surface area contributed by atoms with Crippen molar-refractivity contribution in [1.82, 2.24) is 4.98 Å². The number of pyridine rings is 1. The molecule has 1 heterocycles. The summed E-state index contributed by atoms with van der Waals surface area (Å²) in [7, 11) is 3.13. The summed E-state index contributed by atoms with van der Waals surface area (Å²) in [5, 5.41) is 3.70. The van der Waals surface area contributed by atoms with Gasteiger partial charge in [0.1, 0.15) is 17.2 Å². The number of benzene rings is 3. The van der Waals surface area contributed by atoms with Crippen LogP contribution in [0.5, 0.6) is 17.2 Å². The Labute approximate surface area is 207 Å². The van der Waals surface area contributed by atoms with Crippen LogP contribution in [-0.4, -0.2) is 31.7 Å². The maximum Gasteiger partial charge on any atom is 0.256 e. The number of carbonyl (C=O) groups is 1. The van der Waals surface area contributed by atoms with Crippen molar-refractivity contribution >= 4 is 38.4 Å². The molecule has 4 rings (SSSR count). The molecule has 0 atom stereocenters. The van der Waals surface area contributed by atoms with E-state index in [1.54, 1.807) is 38.5 Å². The Morgan fingerprint density at radius 2 is 1.71 bits per heavy atom. The van der Waals surface area contributed by atoms with E-state index in [0.717, 1.165) is 33.1 Å². The van der Waals surface area contributed by atoms with Gasteiger partial charge >= 0.3 is 0 Å². The molecular formula is C27H25BrN2O4. The van der Waals surface area contributed by atoms with Crippen LogP contribution < -0.4 is 19.5 Å². The molecule has 34 heavy (non-hydrogen) atoms. The molecule has 1 aromatic heterocycles. The number of nitrogens with one attached hydrogen (secondary N) is 1. The summed E-state index contributed by atoms with van der Waals surface area (Å²) in [5.74, 6) is 1.68. The second-order valence-electron chi connectivity index (χ2n) is 7.61. The van der Waals surface area contributed by atoms with Gasteiger partial charge in [0.2, 0.25) is 0 Å². The van der Waals surface area contributed by atoms with Gasteiger partial charge in [-0.2, -0.15) is 0 Å². The number of hydrogen-bond acceptors (Lipinski definition) is 5. The van der Waals surface area contributed by atoms with Gasteiger partial charge in [0.05, 0.1) is 43.3 Å². The number of anilines is 1. The van der Waals surface area contributed by atoms with Gasteiger partial charge < -0.3 is 19.5 Å². The van der Waals surface area contributed by atoms with Gasteiger partial charge in [-0.15, -0.1) is 0 Å². The van der Waals surface area contributed by atoms with E-state index in [0.29, 0.717) is 35.1 Å². The zero-order chi connectivity index (χ0) is 24.1.